The van der Waals surface area contributed by atoms with Crippen LogP contribution in [0.4, 0.5) is 11.8 Å². The lowest BCUT2D eigenvalue weighted by atomic mass is 9.94. The molecule has 2 aromatic rings. The van der Waals surface area contributed by atoms with Gasteiger partial charge in [0.25, 0.3) is 0 Å². The molecule has 1 aliphatic rings. The molecule has 1 fully saturated rings. The molecule has 0 bridgehead atoms. The summed E-state index contributed by atoms with van der Waals surface area (Å²) < 4.78 is 0.919. The molecule has 0 radical (unpaired) electrons. The first-order valence-electron chi connectivity index (χ1n) is 6.53. The summed E-state index contributed by atoms with van der Waals surface area (Å²) in [6.07, 6.45) is 7.28. The van der Waals surface area contributed by atoms with Crippen molar-refractivity contribution in [2.24, 2.45) is 0 Å². The number of nitrogens with two attached hydrogens (primary N) is 1. The predicted octanol–water partition coefficient (Wildman–Crippen LogP) is 2.00. The normalized spacial score (nSPS) is 19.1. The molecule has 0 aromatic carbocycles. The Kier molecular flexibility index (Phi) is 3.77. The highest BCUT2D eigenvalue weighted by Gasteiger charge is 2.24. The summed E-state index contributed by atoms with van der Waals surface area (Å²) in [5, 5.41) is 0. The molecule has 1 aliphatic heterocycles. The van der Waals surface area contributed by atoms with Crippen LogP contribution in [0.1, 0.15) is 24.5 Å². The minimum absolute atomic E-state index is 0.336. The van der Waals surface area contributed by atoms with Crippen molar-refractivity contribution < 1.29 is 0 Å². The van der Waals surface area contributed by atoms with Crippen LogP contribution < -0.4 is 10.6 Å². The molecule has 2 aromatic heterocycles. The van der Waals surface area contributed by atoms with Crippen molar-refractivity contribution in [3.05, 3.63) is 35.0 Å². The van der Waals surface area contributed by atoms with Crippen molar-refractivity contribution in [1.82, 2.24) is 19.9 Å². The maximum atomic E-state index is 5.67. The number of rotatable bonds is 2. The van der Waals surface area contributed by atoms with E-state index < -0.39 is 0 Å². The summed E-state index contributed by atoms with van der Waals surface area (Å²) in [6.45, 7) is 1.87. The zero-order valence-electron chi connectivity index (χ0n) is 10.9. The van der Waals surface area contributed by atoms with Crippen molar-refractivity contribution in [2.75, 3.05) is 23.7 Å². The summed E-state index contributed by atoms with van der Waals surface area (Å²) in [4.78, 5) is 18.9. The van der Waals surface area contributed by atoms with Gasteiger partial charge >= 0.3 is 0 Å². The molecule has 1 atom stereocenters. The molecule has 2 N–H and O–H groups in total. The quantitative estimate of drug-likeness (QED) is 0.904. The number of piperidine rings is 1. The van der Waals surface area contributed by atoms with E-state index in [4.69, 9.17) is 5.73 Å². The number of nitrogens with zero attached hydrogens (tertiary/aromatic N) is 5. The first kappa shape index (κ1) is 13.2. The minimum atomic E-state index is 0.336. The fraction of sp³-hybridized carbons (Fsp3) is 0.385. The first-order chi connectivity index (χ1) is 9.74. The van der Waals surface area contributed by atoms with E-state index in [1.807, 2.05) is 6.07 Å². The van der Waals surface area contributed by atoms with Gasteiger partial charge in [-0.15, -0.1) is 0 Å². The standard InChI is InChI=1S/C13H15BrN6/c14-10-6-16-8-18-12(10)20-5-1-2-9(7-20)11-3-4-17-13(15)19-11/h3-4,6,8-9H,1-2,5,7H2,(H2,15,17,19). The Labute approximate surface area is 125 Å². The lowest BCUT2D eigenvalue weighted by molar-refractivity contribution is 0.497. The summed E-state index contributed by atoms with van der Waals surface area (Å²) in [6, 6.07) is 1.94. The van der Waals surface area contributed by atoms with E-state index in [0.29, 0.717) is 11.9 Å². The highest BCUT2D eigenvalue weighted by atomic mass is 79.9. The van der Waals surface area contributed by atoms with Gasteiger partial charge in [0.1, 0.15) is 12.1 Å². The van der Waals surface area contributed by atoms with E-state index in [1.54, 1.807) is 18.7 Å². The van der Waals surface area contributed by atoms with Gasteiger partial charge < -0.3 is 10.6 Å². The van der Waals surface area contributed by atoms with Gasteiger partial charge in [0.15, 0.2) is 0 Å². The molecule has 0 amide bonds. The monoisotopic (exact) mass is 334 g/mol. The molecule has 6 nitrogen and oxygen atoms in total. The van der Waals surface area contributed by atoms with E-state index in [9.17, 15) is 0 Å². The van der Waals surface area contributed by atoms with E-state index in [1.165, 1.54) is 0 Å². The fourth-order valence-corrected chi connectivity index (χ4v) is 3.04. The Bertz CT molecular complexity index is 605. The topological polar surface area (TPSA) is 80.8 Å². The lowest BCUT2D eigenvalue weighted by Gasteiger charge is -2.33. The lowest BCUT2D eigenvalue weighted by Crippen LogP contribution is -2.35. The molecule has 104 valence electrons. The molecule has 3 heterocycles. The summed E-state index contributed by atoms with van der Waals surface area (Å²) in [5.41, 5.74) is 6.68. The van der Waals surface area contributed by atoms with Crippen LogP contribution in [0.3, 0.4) is 0 Å². The van der Waals surface area contributed by atoms with Crippen LogP contribution in [0, 0.1) is 0 Å². The molecule has 0 saturated carbocycles. The molecule has 3 rings (SSSR count). The van der Waals surface area contributed by atoms with Gasteiger partial charge in [-0.3, -0.25) is 0 Å². The van der Waals surface area contributed by atoms with Gasteiger partial charge in [-0.1, -0.05) is 0 Å². The van der Waals surface area contributed by atoms with Crippen molar-refractivity contribution in [2.45, 2.75) is 18.8 Å². The van der Waals surface area contributed by atoms with Crippen LogP contribution in [-0.4, -0.2) is 33.0 Å². The Morgan fingerprint density at radius 3 is 3.05 bits per heavy atom. The average molecular weight is 335 g/mol. The third-order valence-corrected chi connectivity index (χ3v) is 4.04. The van der Waals surface area contributed by atoms with Crippen molar-refractivity contribution in [3.8, 4) is 0 Å². The van der Waals surface area contributed by atoms with Gasteiger partial charge in [0.2, 0.25) is 5.95 Å². The van der Waals surface area contributed by atoms with Gasteiger partial charge in [0.05, 0.1) is 10.2 Å². The van der Waals surface area contributed by atoms with Crippen LogP contribution >= 0.6 is 15.9 Å². The number of anilines is 2. The van der Waals surface area contributed by atoms with E-state index in [2.05, 4.69) is 40.8 Å². The minimum Gasteiger partial charge on any atom is -0.368 e. The maximum absolute atomic E-state index is 5.67. The van der Waals surface area contributed by atoms with Gasteiger partial charge in [-0.25, -0.2) is 19.9 Å². The van der Waals surface area contributed by atoms with Crippen molar-refractivity contribution in [1.29, 1.82) is 0 Å². The first-order valence-corrected chi connectivity index (χ1v) is 7.32. The third-order valence-electron chi connectivity index (χ3n) is 3.48. The van der Waals surface area contributed by atoms with Gasteiger partial charge in [-0.2, -0.15) is 0 Å². The molecule has 1 saturated heterocycles. The van der Waals surface area contributed by atoms with Gasteiger partial charge in [-0.05, 0) is 34.8 Å². The van der Waals surface area contributed by atoms with Crippen molar-refractivity contribution in [3.63, 3.8) is 0 Å². The number of hydrogen-bond donors (Lipinski definition) is 1. The van der Waals surface area contributed by atoms with Crippen molar-refractivity contribution >= 4 is 27.7 Å². The zero-order valence-corrected chi connectivity index (χ0v) is 12.5. The molecule has 0 spiro atoms. The highest BCUT2D eigenvalue weighted by molar-refractivity contribution is 9.10. The second-order valence-corrected chi connectivity index (χ2v) is 5.67. The van der Waals surface area contributed by atoms with Gasteiger partial charge in [0, 0.05) is 31.4 Å². The summed E-state index contributed by atoms with van der Waals surface area (Å²) >= 11 is 3.51. The summed E-state index contributed by atoms with van der Waals surface area (Å²) in [7, 11) is 0. The van der Waals surface area contributed by atoms with E-state index >= 15 is 0 Å². The second-order valence-electron chi connectivity index (χ2n) is 4.82. The Morgan fingerprint density at radius 2 is 2.25 bits per heavy atom. The molecule has 20 heavy (non-hydrogen) atoms. The van der Waals surface area contributed by atoms with E-state index in [-0.39, 0.29) is 0 Å². The zero-order chi connectivity index (χ0) is 13.9. The van der Waals surface area contributed by atoms with E-state index in [0.717, 1.165) is 41.9 Å². The molecule has 1 unspecified atom stereocenters. The van der Waals surface area contributed by atoms with Crippen LogP contribution in [0.5, 0.6) is 0 Å². The Morgan fingerprint density at radius 1 is 1.35 bits per heavy atom. The largest absolute Gasteiger partial charge is 0.368 e. The molecular formula is C13H15BrN6. The fourth-order valence-electron chi connectivity index (χ4n) is 2.57. The highest BCUT2D eigenvalue weighted by Crippen LogP contribution is 2.31. The second kappa shape index (κ2) is 5.70. The average Bonchev–Trinajstić information content (AvgIpc) is 2.48. The number of nitrogen functional groups attached to an aromatic ring is 1. The van der Waals surface area contributed by atoms with Crippen LogP contribution in [0.2, 0.25) is 0 Å². The SMILES string of the molecule is Nc1nccc(C2CCCN(c3ncncc3Br)C2)n1. The Balaban J connectivity index is 1.82. The number of hydrogen-bond acceptors (Lipinski definition) is 6. The summed E-state index contributed by atoms with van der Waals surface area (Å²) in [5.74, 6) is 1.63. The maximum Gasteiger partial charge on any atom is 0.220 e. The smallest absolute Gasteiger partial charge is 0.220 e. The third kappa shape index (κ3) is 2.72. The van der Waals surface area contributed by atoms with Crippen LogP contribution in [-0.2, 0) is 0 Å². The van der Waals surface area contributed by atoms with Crippen LogP contribution in [0.25, 0.3) is 0 Å². The predicted molar refractivity (Wildman–Crippen MR) is 80.4 cm³/mol. The Hall–Kier alpha value is -1.76. The molecule has 0 aliphatic carbocycles. The molecular weight excluding hydrogens is 320 g/mol. The van der Waals surface area contributed by atoms with Crippen LogP contribution in [0.15, 0.2) is 29.3 Å². The number of aromatic nitrogens is 4. The molecule has 7 heteroatoms. The number of halogens is 1.